The maximum absolute atomic E-state index is 2.38. The Hall–Kier alpha value is -1.59. The monoisotopic (exact) mass is 387 g/mol. The molecular weight excluding hydrogens is 367 g/mol. The van der Waals surface area contributed by atoms with Gasteiger partial charge in [-0.3, -0.25) is 0 Å². The fourth-order valence-electron chi connectivity index (χ4n) is 3.39. The van der Waals surface area contributed by atoms with Crippen LogP contribution in [0.3, 0.4) is 0 Å². The standard InChI is InChI=1S/C23H21.Zr/c1-3-16(2)21-14-19-9-6-10-22(23(19)15-21)20-12-11-17-7-4-5-8-18(17)13-20;/h4-16H,3H2,1-2H3;/q-1;. The number of benzene rings is 3. The van der Waals surface area contributed by atoms with Crippen LogP contribution in [0.4, 0.5) is 0 Å². The molecule has 0 radical (unpaired) electrons. The topological polar surface area (TPSA) is 0 Å². The van der Waals surface area contributed by atoms with E-state index in [0.717, 1.165) is 0 Å². The molecule has 1 heteroatoms. The average Bonchev–Trinajstić information content (AvgIpc) is 3.04. The first-order chi connectivity index (χ1) is 11.3. The van der Waals surface area contributed by atoms with Gasteiger partial charge in [0.2, 0.25) is 0 Å². The van der Waals surface area contributed by atoms with Crippen LogP contribution in [-0.2, 0) is 26.2 Å². The van der Waals surface area contributed by atoms with E-state index in [1.165, 1.54) is 44.7 Å². The van der Waals surface area contributed by atoms with E-state index in [2.05, 4.69) is 86.6 Å². The summed E-state index contributed by atoms with van der Waals surface area (Å²) >= 11 is 0. The van der Waals surface area contributed by atoms with Crippen molar-refractivity contribution in [3.05, 3.63) is 78.4 Å². The SMILES string of the molecule is CCC(C)c1cc2c(-c3ccc4ccccc4c3)cccc2[cH-]1.[Zr]. The molecule has 0 saturated carbocycles. The van der Waals surface area contributed by atoms with Gasteiger partial charge >= 0.3 is 0 Å². The molecular formula is C23H21Zr-. The van der Waals surface area contributed by atoms with Gasteiger partial charge in [0.1, 0.15) is 0 Å². The van der Waals surface area contributed by atoms with Gasteiger partial charge < -0.3 is 0 Å². The van der Waals surface area contributed by atoms with E-state index in [-0.39, 0.29) is 26.2 Å². The molecule has 0 heterocycles. The van der Waals surface area contributed by atoms with Gasteiger partial charge in [0.05, 0.1) is 0 Å². The van der Waals surface area contributed by atoms with Gasteiger partial charge in [-0.2, -0.15) is 6.07 Å². The zero-order valence-electron chi connectivity index (χ0n) is 14.2. The minimum absolute atomic E-state index is 0. The van der Waals surface area contributed by atoms with Crippen LogP contribution in [-0.4, -0.2) is 0 Å². The molecule has 0 N–H and O–H groups in total. The largest absolute Gasteiger partial charge is 0.164 e. The Balaban J connectivity index is 0.00000169. The second-order valence-corrected chi connectivity index (χ2v) is 6.47. The van der Waals surface area contributed by atoms with Gasteiger partial charge in [0.25, 0.3) is 0 Å². The summed E-state index contributed by atoms with van der Waals surface area (Å²) in [5.41, 5.74) is 4.09. The molecule has 0 aliphatic carbocycles. The van der Waals surface area contributed by atoms with Crippen LogP contribution < -0.4 is 0 Å². The maximum Gasteiger partial charge on any atom is 0 e. The first kappa shape index (κ1) is 17.2. The van der Waals surface area contributed by atoms with E-state index < -0.39 is 0 Å². The molecule has 0 bridgehead atoms. The minimum atomic E-state index is 0. The van der Waals surface area contributed by atoms with Crippen LogP contribution in [0.15, 0.2) is 72.8 Å². The van der Waals surface area contributed by atoms with E-state index in [9.17, 15) is 0 Å². The molecule has 0 saturated heterocycles. The van der Waals surface area contributed by atoms with Crippen LogP contribution in [0.1, 0.15) is 31.7 Å². The zero-order chi connectivity index (χ0) is 15.8. The molecule has 0 spiro atoms. The quantitative estimate of drug-likeness (QED) is 0.335. The Bertz CT molecular complexity index is 978. The van der Waals surface area contributed by atoms with Gasteiger partial charge in [-0.25, -0.2) is 0 Å². The van der Waals surface area contributed by atoms with Crippen molar-refractivity contribution in [2.75, 3.05) is 0 Å². The van der Waals surface area contributed by atoms with Crippen molar-refractivity contribution < 1.29 is 26.2 Å². The van der Waals surface area contributed by atoms with Gasteiger partial charge in [0.15, 0.2) is 0 Å². The van der Waals surface area contributed by atoms with Crippen molar-refractivity contribution in [1.29, 1.82) is 0 Å². The molecule has 118 valence electrons. The van der Waals surface area contributed by atoms with Crippen molar-refractivity contribution in [1.82, 2.24) is 0 Å². The van der Waals surface area contributed by atoms with Crippen molar-refractivity contribution in [3.8, 4) is 11.1 Å². The van der Waals surface area contributed by atoms with Crippen molar-refractivity contribution >= 4 is 21.5 Å². The maximum atomic E-state index is 2.38. The molecule has 1 unspecified atom stereocenters. The molecule has 4 rings (SSSR count). The number of hydrogen-bond donors (Lipinski definition) is 0. The van der Waals surface area contributed by atoms with E-state index in [4.69, 9.17) is 0 Å². The van der Waals surface area contributed by atoms with E-state index in [1.807, 2.05) is 0 Å². The van der Waals surface area contributed by atoms with Crippen LogP contribution in [0.25, 0.3) is 32.7 Å². The van der Waals surface area contributed by atoms with E-state index in [0.29, 0.717) is 5.92 Å². The third-order valence-corrected chi connectivity index (χ3v) is 5.01. The molecule has 4 aromatic carbocycles. The first-order valence-corrected chi connectivity index (χ1v) is 8.45. The third-order valence-electron chi connectivity index (χ3n) is 5.01. The van der Waals surface area contributed by atoms with Crippen molar-refractivity contribution in [2.45, 2.75) is 26.2 Å². The van der Waals surface area contributed by atoms with Gasteiger partial charge in [-0.05, 0) is 28.3 Å². The molecule has 0 aromatic heterocycles. The summed E-state index contributed by atoms with van der Waals surface area (Å²) in [7, 11) is 0. The Morgan fingerprint density at radius 2 is 1.67 bits per heavy atom. The molecule has 24 heavy (non-hydrogen) atoms. The van der Waals surface area contributed by atoms with Crippen LogP contribution in [0.2, 0.25) is 0 Å². The molecule has 1 atom stereocenters. The van der Waals surface area contributed by atoms with Gasteiger partial charge in [-0.15, -0.1) is 34.5 Å². The molecule has 0 aliphatic heterocycles. The molecule has 0 fully saturated rings. The van der Waals surface area contributed by atoms with E-state index in [1.54, 1.807) is 0 Å². The second kappa shape index (κ2) is 7.11. The summed E-state index contributed by atoms with van der Waals surface area (Å²) in [5.74, 6) is 0.617. The second-order valence-electron chi connectivity index (χ2n) is 6.47. The van der Waals surface area contributed by atoms with Gasteiger partial charge in [-0.1, -0.05) is 68.3 Å². The molecule has 4 aromatic rings. The summed E-state index contributed by atoms with van der Waals surface area (Å²) in [5, 5.41) is 5.32. The van der Waals surface area contributed by atoms with Gasteiger partial charge in [0, 0.05) is 26.2 Å². The first-order valence-electron chi connectivity index (χ1n) is 8.45. The Labute approximate surface area is 163 Å². The fourth-order valence-corrected chi connectivity index (χ4v) is 3.39. The number of fused-ring (bicyclic) bond motifs is 2. The summed E-state index contributed by atoms with van der Waals surface area (Å²) < 4.78 is 0. The van der Waals surface area contributed by atoms with Crippen LogP contribution in [0.5, 0.6) is 0 Å². The predicted molar refractivity (Wildman–Crippen MR) is 101 cm³/mol. The summed E-state index contributed by atoms with van der Waals surface area (Å²) in [6.07, 6.45) is 1.18. The third kappa shape index (κ3) is 3.03. The number of rotatable bonds is 3. The smallest absolute Gasteiger partial charge is 0 e. The fraction of sp³-hybridized carbons (Fsp3) is 0.174. The molecule has 0 amide bonds. The van der Waals surface area contributed by atoms with Crippen molar-refractivity contribution in [2.24, 2.45) is 0 Å². The normalized spacial score (nSPS) is 12.2. The molecule has 0 nitrogen and oxygen atoms in total. The van der Waals surface area contributed by atoms with E-state index >= 15 is 0 Å². The van der Waals surface area contributed by atoms with Crippen LogP contribution >= 0.6 is 0 Å². The Morgan fingerprint density at radius 1 is 0.875 bits per heavy atom. The molecule has 0 aliphatic rings. The average molecular weight is 389 g/mol. The Kier molecular flexibility index (Phi) is 5.11. The Morgan fingerprint density at radius 3 is 2.46 bits per heavy atom. The predicted octanol–water partition coefficient (Wildman–Crippen LogP) is 6.89. The summed E-state index contributed by atoms with van der Waals surface area (Å²) in [6, 6.07) is 26.7. The summed E-state index contributed by atoms with van der Waals surface area (Å²) in [6.45, 7) is 4.57. The van der Waals surface area contributed by atoms with Crippen LogP contribution in [0, 0.1) is 0 Å². The minimum Gasteiger partial charge on any atom is -0.164 e. The van der Waals surface area contributed by atoms with Crippen molar-refractivity contribution in [3.63, 3.8) is 0 Å². The number of hydrogen-bond acceptors (Lipinski definition) is 0. The summed E-state index contributed by atoms with van der Waals surface area (Å²) in [4.78, 5) is 0. The zero-order valence-corrected chi connectivity index (χ0v) is 16.7.